The van der Waals surface area contributed by atoms with Crippen molar-refractivity contribution in [1.29, 1.82) is 0 Å². The molecule has 0 heterocycles. The van der Waals surface area contributed by atoms with E-state index in [9.17, 15) is 4.79 Å². The number of hydrogen-bond acceptors (Lipinski definition) is 2. The highest BCUT2D eigenvalue weighted by atomic mass is 35.5. The standard InChI is InChI=1S/C11H15ClN2O/c1-7(2)10(11(13)15)14-9-5-3-8(12)4-6-9/h3-7,10,14H,1-2H3,(H2,13,15). The van der Waals surface area contributed by atoms with Crippen LogP contribution in [0.3, 0.4) is 0 Å². The summed E-state index contributed by atoms with van der Waals surface area (Å²) in [5.74, 6) is -0.196. The Kier molecular flexibility index (Phi) is 3.97. The number of halogens is 1. The molecule has 0 saturated heterocycles. The summed E-state index contributed by atoms with van der Waals surface area (Å²) in [6.45, 7) is 3.89. The van der Waals surface area contributed by atoms with E-state index < -0.39 is 0 Å². The summed E-state index contributed by atoms with van der Waals surface area (Å²) in [6.07, 6.45) is 0. The quantitative estimate of drug-likeness (QED) is 0.828. The van der Waals surface area contributed by atoms with Crippen LogP contribution in [-0.4, -0.2) is 11.9 Å². The van der Waals surface area contributed by atoms with Crippen molar-refractivity contribution in [1.82, 2.24) is 0 Å². The second-order valence-corrected chi connectivity index (χ2v) is 4.21. The van der Waals surface area contributed by atoms with E-state index in [2.05, 4.69) is 5.32 Å². The summed E-state index contributed by atoms with van der Waals surface area (Å²) >= 11 is 5.75. The molecular weight excluding hydrogens is 212 g/mol. The lowest BCUT2D eigenvalue weighted by molar-refractivity contribution is -0.119. The molecule has 1 aromatic rings. The molecule has 82 valence electrons. The first kappa shape index (κ1) is 11.9. The molecule has 0 aliphatic heterocycles. The molecule has 1 amide bonds. The first-order chi connectivity index (χ1) is 7.00. The monoisotopic (exact) mass is 226 g/mol. The molecular formula is C11H15ClN2O. The number of anilines is 1. The Bertz CT molecular complexity index is 335. The van der Waals surface area contributed by atoms with Gasteiger partial charge in [-0.15, -0.1) is 0 Å². The first-order valence-corrected chi connectivity index (χ1v) is 5.20. The third-order valence-electron chi connectivity index (χ3n) is 2.14. The minimum Gasteiger partial charge on any atom is -0.373 e. The Morgan fingerprint density at radius 3 is 2.27 bits per heavy atom. The fourth-order valence-electron chi connectivity index (χ4n) is 1.29. The molecule has 0 spiro atoms. The molecule has 0 fully saturated rings. The summed E-state index contributed by atoms with van der Waals surface area (Å²) < 4.78 is 0. The molecule has 1 rings (SSSR count). The molecule has 0 aliphatic carbocycles. The van der Waals surface area contributed by atoms with Crippen LogP contribution in [0.5, 0.6) is 0 Å². The molecule has 3 nitrogen and oxygen atoms in total. The lowest BCUT2D eigenvalue weighted by Crippen LogP contribution is -2.39. The summed E-state index contributed by atoms with van der Waals surface area (Å²) in [4.78, 5) is 11.1. The zero-order valence-electron chi connectivity index (χ0n) is 8.83. The van der Waals surface area contributed by atoms with Crippen LogP contribution in [0.15, 0.2) is 24.3 Å². The van der Waals surface area contributed by atoms with Crippen LogP contribution in [0.1, 0.15) is 13.8 Å². The minimum atomic E-state index is -0.355. The molecule has 0 aliphatic rings. The second-order valence-electron chi connectivity index (χ2n) is 3.78. The molecule has 3 N–H and O–H groups in total. The first-order valence-electron chi connectivity index (χ1n) is 4.82. The number of nitrogens with two attached hydrogens (primary N) is 1. The van der Waals surface area contributed by atoms with Crippen LogP contribution >= 0.6 is 11.6 Å². The summed E-state index contributed by atoms with van der Waals surface area (Å²) in [7, 11) is 0. The van der Waals surface area contributed by atoms with Crippen molar-refractivity contribution in [2.45, 2.75) is 19.9 Å². The molecule has 0 radical (unpaired) electrons. The number of hydrogen-bond donors (Lipinski definition) is 2. The fraction of sp³-hybridized carbons (Fsp3) is 0.364. The van der Waals surface area contributed by atoms with Gasteiger partial charge in [-0.2, -0.15) is 0 Å². The van der Waals surface area contributed by atoms with Gasteiger partial charge in [0.25, 0.3) is 0 Å². The molecule has 0 aromatic heterocycles. The largest absolute Gasteiger partial charge is 0.373 e. The van der Waals surface area contributed by atoms with Crippen LogP contribution in [0.2, 0.25) is 5.02 Å². The molecule has 1 atom stereocenters. The highest BCUT2D eigenvalue weighted by Crippen LogP contribution is 2.16. The van der Waals surface area contributed by atoms with Gasteiger partial charge in [0.2, 0.25) is 5.91 Å². The van der Waals surface area contributed by atoms with Crippen molar-refractivity contribution in [2.75, 3.05) is 5.32 Å². The number of carbonyl (C=O) groups excluding carboxylic acids is 1. The molecule has 0 saturated carbocycles. The van der Waals surface area contributed by atoms with Crippen LogP contribution < -0.4 is 11.1 Å². The van der Waals surface area contributed by atoms with Gasteiger partial charge in [0.15, 0.2) is 0 Å². The lowest BCUT2D eigenvalue weighted by atomic mass is 10.0. The summed E-state index contributed by atoms with van der Waals surface area (Å²) in [6, 6.07) is 6.82. The van der Waals surface area contributed by atoms with Gasteiger partial charge in [-0.3, -0.25) is 4.79 Å². The van der Waals surface area contributed by atoms with Gasteiger partial charge < -0.3 is 11.1 Å². The molecule has 1 aromatic carbocycles. The maximum Gasteiger partial charge on any atom is 0.240 e. The normalized spacial score (nSPS) is 12.5. The topological polar surface area (TPSA) is 55.1 Å². The Balaban J connectivity index is 2.74. The predicted octanol–water partition coefficient (Wildman–Crippen LogP) is 2.26. The number of primary amides is 1. The summed E-state index contributed by atoms with van der Waals surface area (Å²) in [5.41, 5.74) is 6.13. The highest BCUT2D eigenvalue weighted by Gasteiger charge is 2.18. The predicted molar refractivity (Wildman–Crippen MR) is 62.9 cm³/mol. The van der Waals surface area contributed by atoms with Gasteiger partial charge in [-0.05, 0) is 30.2 Å². The van der Waals surface area contributed by atoms with Gasteiger partial charge >= 0.3 is 0 Å². The Hall–Kier alpha value is -1.22. The molecule has 0 bridgehead atoms. The average Bonchev–Trinajstić information content (AvgIpc) is 2.15. The number of amides is 1. The maximum atomic E-state index is 11.1. The Morgan fingerprint density at radius 1 is 1.33 bits per heavy atom. The smallest absolute Gasteiger partial charge is 0.240 e. The Morgan fingerprint density at radius 2 is 1.87 bits per heavy atom. The van der Waals surface area contributed by atoms with E-state index in [1.165, 1.54) is 0 Å². The Labute approximate surface area is 94.6 Å². The van der Waals surface area contributed by atoms with Gasteiger partial charge in [-0.1, -0.05) is 25.4 Å². The van der Waals surface area contributed by atoms with E-state index in [0.717, 1.165) is 5.69 Å². The SMILES string of the molecule is CC(C)C(Nc1ccc(Cl)cc1)C(N)=O. The van der Waals surface area contributed by atoms with Gasteiger partial charge in [0.1, 0.15) is 6.04 Å². The van der Waals surface area contributed by atoms with E-state index in [0.29, 0.717) is 5.02 Å². The van der Waals surface area contributed by atoms with Gasteiger partial charge in [0, 0.05) is 10.7 Å². The zero-order chi connectivity index (χ0) is 11.4. The molecule has 15 heavy (non-hydrogen) atoms. The van der Waals surface area contributed by atoms with Crippen molar-refractivity contribution in [3.8, 4) is 0 Å². The van der Waals surface area contributed by atoms with Crippen LogP contribution in [-0.2, 0) is 4.79 Å². The average molecular weight is 227 g/mol. The minimum absolute atomic E-state index is 0.151. The van der Waals surface area contributed by atoms with Gasteiger partial charge in [0.05, 0.1) is 0 Å². The zero-order valence-corrected chi connectivity index (χ0v) is 9.58. The van der Waals surface area contributed by atoms with Crippen LogP contribution in [0, 0.1) is 5.92 Å². The second kappa shape index (κ2) is 5.03. The third kappa shape index (κ3) is 3.44. The van der Waals surface area contributed by atoms with Crippen molar-refractivity contribution in [3.63, 3.8) is 0 Å². The van der Waals surface area contributed by atoms with E-state index in [-0.39, 0.29) is 17.9 Å². The van der Waals surface area contributed by atoms with E-state index >= 15 is 0 Å². The number of rotatable bonds is 4. The summed E-state index contributed by atoms with van der Waals surface area (Å²) in [5, 5.41) is 3.74. The van der Waals surface area contributed by atoms with Crippen molar-refractivity contribution >= 4 is 23.2 Å². The van der Waals surface area contributed by atoms with Crippen LogP contribution in [0.4, 0.5) is 5.69 Å². The van der Waals surface area contributed by atoms with E-state index in [1.54, 1.807) is 12.1 Å². The van der Waals surface area contributed by atoms with Crippen molar-refractivity contribution in [3.05, 3.63) is 29.3 Å². The van der Waals surface area contributed by atoms with E-state index in [4.69, 9.17) is 17.3 Å². The number of carbonyl (C=O) groups is 1. The maximum absolute atomic E-state index is 11.1. The van der Waals surface area contributed by atoms with E-state index in [1.807, 2.05) is 26.0 Å². The third-order valence-corrected chi connectivity index (χ3v) is 2.39. The number of nitrogens with one attached hydrogen (secondary N) is 1. The van der Waals surface area contributed by atoms with Crippen molar-refractivity contribution < 1.29 is 4.79 Å². The highest BCUT2D eigenvalue weighted by molar-refractivity contribution is 6.30. The lowest BCUT2D eigenvalue weighted by Gasteiger charge is -2.20. The van der Waals surface area contributed by atoms with Crippen molar-refractivity contribution in [2.24, 2.45) is 11.7 Å². The van der Waals surface area contributed by atoms with Crippen LogP contribution in [0.25, 0.3) is 0 Å². The number of benzene rings is 1. The molecule has 4 heteroatoms. The fourth-order valence-corrected chi connectivity index (χ4v) is 1.42. The molecule has 1 unspecified atom stereocenters. The van der Waals surface area contributed by atoms with Gasteiger partial charge in [-0.25, -0.2) is 0 Å².